The normalized spacial score (nSPS) is 15.2. The van der Waals surface area contributed by atoms with E-state index in [4.69, 9.17) is 0 Å². The topological polar surface area (TPSA) is 49.4 Å². The molecule has 1 fully saturated rings. The van der Waals surface area contributed by atoms with E-state index < -0.39 is 11.9 Å². The van der Waals surface area contributed by atoms with E-state index in [0.29, 0.717) is 10.6 Å². The van der Waals surface area contributed by atoms with Crippen LogP contribution in [0.5, 0.6) is 0 Å². The predicted octanol–water partition coefficient (Wildman–Crippen LogP) is 6.03. The van der Waals surface area contributed by atoms with Crippen molar-refractivity contribution in [2.75, 3.05) is 4.90 Å². The molecule has 1 heterocycles. The van der Waals surface area contributed by atoms with E-state index >= 15 is 0 Å². The van der Waals surface area contributed by atoms with E-state index in [1.165, 1.54) is 34.8 Å². The number of rotatable bonds is 6. The quantitative estimate of drug-likeness (QED) is 0.498. The monoisotopic (exact) mass is 450 g/mol. The molecule has 4 rings (SSSR count). The molecular weight excluding hydrogens is 423 g/mol. The molecule has 0 bridgehead atoms. The van der Waals surface area contributed by atoms with Gasteiger partial charge in [0.1, 0.15) is 11.9 Å². The van der Waals surface area contributed by atoms with Crippen LogP contribution in [0.3, 0.4) is 0 Å². The lowest BCUT2D eigenvalue weighted by molar-refractivity contribution is -0.123. The van der Waals surface area contributed by atoms with Gasteiger partial charge in [-0.1, -0.05) is 55.7 Å². The van der Waals surface area contributed by atoms with E-state index in [1.807, 2.05) is 36.6 Å². The Bertz CT molecular complexity index is 1080. The van der Waals surface area contributed by atoms with Crippen LogP contribution in [-0.4, -0.2) is 17.9 Å². The van der Waals surface area contributed by atoms with Crippen molar-refractivity contribution in [3.8, 4) is 0 Å². The summed E-state index contributed by atoms with van der Waals surface area (Å²) >= 11 is 1.31. The smallest absolute Gasteiger partial charge is 0.269 e. The van der Waals surface area contributed by atoms with Crippen LogP contribution in [0.25, 0.3) is 0 Å². The zero-order valence-corrected chi connectivity index (χ0v) is 18.9. The lowest BCUT2D eigenvalue weighted by atomic mass is 9.93. The Hall–Kier alpha value is -2.99. The van der Waals surface area contributed by atoms with Gasteiger partial charge in [-0.2, -0.15) is 0 Å². The Kier molecular flexibility index (Phi) is 7.00. The fourth-order valence-corrected chi connectivity index (χ4v) is 5.01. The number of nitrogens with zero attached hydrogens (tertiary/aromatic N) is 1. The van der Waals surface area contributed by atoms with E-state index in [1.54, 1.807) is 24.3 Å². The Morgan fingerprint density at radius 1 is 1.03 bits per heavy atom. The van der Waals surface area contributed by atoms with Crippen LogP contribution < -0.4 is 10.2 Å². The number of nitrogens with one attached hydrogen (secondary N) is 1. The third-order valence-electron chi connectivity index (χ3n) is 5.98. The van der Waals surface area contributed by atoms with Crippen molar-refractivity contribution in [3.63, 3.8) is 0 Å². The zero-order chi connectivity index (χ0) is 22.5. The van der Waals surface area contributed by atoms with Crippen molar-refractivity contribution in [2.45, 2.75) is 51.1 Å². The lowest BCUT2D eigenvalue weighted by Crippen LogP contribution is -2.47. The zero-order valence-electron chi connectivity index (χ0n) is 18.1. The van der Waals surface area contributed by atoms with E-state index in [9.17, 15) is 14.0 Å². The van der Waals surface area contributed by atoms with Crippen LogP contribution in [-0.2, 0) is 4.79 Å². The van der Waals surface area contributed by atoms with Crippen molar-refractivity contribution < 1.29 is 14.0 Å². The van der Waals surface area contributed by atoms with Crippen LogP contribution in [0.2, 0.25) is 0 Å². The predicted molar refractivity (Wildman–Crippen MR) is 126 cm³/mol. The Balaban J connectivity index is 1.81. The Labute approximate surface area is 192 Å². The summed E-state index contributed by atoms with van der Waals surface area (Å²) in [6.45, 7) is 1.93. The summed E-state index contributed by atoms with van der Waals surface area (Å²) < 4.78 is 14.2. The van der Waals surface area contributed by atoms with Crippen LogP contribution in [0.1, 0.15) is 58.9 Å². The first-order valence-electron chi connectivity index (χ1n) is 11.0. The maximum Gasteiger partial charge on any atom is 0.269 e. The van der Waals surface area contributed by atoms with Crippen LogP contribution in [0.4, 0.5) is 10.1 Å². The molecule has 2 amide bonds. The number of thiophene rings is 1. The van der Waals surface area contributed by atoms with Gasteiger partial charge in [0.25, 0.3) is 5.91 Å². The number of benzene rings is 2. The Morgan fingerprint density at radius 3 is 2.50 bits per heavy atom. The second-order valence-corrected chi connectivity index (χ2v) is 9.18. The largest absolute Gasteiger partial charge is 0.351 e. The Morgan fingerprint density at radius 2 is 1.81 bits per heavy atom. The number of halogens is 1. The van der Waals surface area contributed by atoms with Crippen LogP contribution >= 0.6 is 11.3 Å². The number of carbonyl (C=O) groups excluding carboxylic acids is 2. The van der Waals surface area contributed by atoms with E-state index in [2.05, 4.69) is 5.32 Å². The van der Waals surface area contributed by atoms with E-state index in [0.717, 1.165) is 36.8 Å². The minimum Gasteiger partial charge on any atom is -0.351 e. The van der Waals surface area contributed by atoms with Crippen LogP contribution in [0.15, 0.2) is 66.0 Å². The molecule has 32 heavy (non-hydrogen) atoms. The van der Waals surface area contributed by atoms with Gasteiger partial charge in [-0.3, -0.25) is 14.5 Å². The molecular formula is C26H27FN2O2S. The van der Waals surface area contributed by atoms with Gasteiger partial charge < -0.3 is 5.32 Å². The second-order valence-electron chi connectivity index (χ2n) is 8.23. The molecule has 1 aliphatic carbocycles. The number of aryl methyl sites for hydroxylation is 1. The van der Waals surface area contributed by atoms with Gasteiger partial charge in [-0.15, -0.1) is 11.3 Å². The molecule has 1 aliphatic rings. The highest BCUT2D eigenvalue weighted by Crippen LogP contribution is 2.33. The van der Waals surface area contributed by atoms with Crippen molar-refractivity contribution >= 4 is 28.8 Å². The first kappa shape index (κ1) is 22.2. The summed E-state index contributed by atoms with van der Waals surface area (Å²) in [4.78, 5) is 29.4. The molecule has 1 saturated carbocycles. The van der Waals surface area contributed by atoms with Gasteiger partial charge in [0, 0.05) is 11.7 Å². The number of hydrogen-bond acceptors (Lipinski definition) is 3. The highest BCUT2D eigenvalue weighted by atomic mass is 32.1. The lowest BCUT2D eigenvalue weighted by Gasteiger charge is -2.34. The number of anilines is 1. The maximum absolute atomic E-state index is 14.2. The number of carbonyl (C=O) groups is 2. The van der Waals surface area contributed by atoms with Gasteiger partial charge in [-0.25, -0.2) is 4.39 Å². The fourth-order valence-electron chi connectivity index (χ4n) is 4.35. The highest BCUT2D eigenvalue weighted by Gasteiger charge is 2.35. The third-order valence-corrected chi connectivity index (χ3v) is 6.84. The average molecular weight is 451 g/mol. The second kappa shape index (κ2) is 10.1. The molecule has 6 heteroatoms. The minimum absolute atomic E-state index is 0.0916. The third kappa shape index (κ3) is 4.91. The molecule has 0 radical (unpaired) electrons. The minimum atomic E-state index is -0.908. The standard InChI is InChI=1S/C26H27FN2O2S/c1-18-9-5-6-14-22(18)24(25(30)28-20-11-3-2-4-12-20)29(21-13-7-10-19(27)17-21)26(31)23-15-8-16-32-23/h5-10,13-17,20,24H,2-4,11-12H2,1H3,(H,28,30). The molecule has 166 valence electrons. The van der Waals surface area contributed by atoms with Crippen molar-refractivity contribution in [2.24, 2.45) is 0 Å². The number of amides is 2. The first-order chi connectivity index (χ1) is 15.5. The summed E-state index contributed by atoms with van der Waals surface area (Å²) in [6.07, 6.45) is 5.22. The molecule has 1 aromatic heterocycles. The summed E-state index contributed by atoms with van der Waals surface area (Å²) in [6, 6.07) is 16.2. The van der Waals surface area contributed by atoms with Crippen molar-refractivity contribution in [3.05, 3.63) is 87.9 Å². The first-order valence-corrected chi connectivity index (χ1v) is 11.9. The van der Waals surface area contributed by atoms with Gasteiger partial charge in [0.2, 0.25) is 5.91 Å². The average Bonchev–Trinajstić information content (AvgIpc) is 3.33. The molecule has 1 atom stereocenters. The van der Waals surface area contributed by atoms with Gasteiger partial charge in [-0.05, 0) is 60.5 Å². The van der Waals surface area contributed by atoms with Gasteiger partial charge >= 0.3 is 0 Å². The van der Waals surface area contributed by atoms with Crippen molar-refractivity contribution in [1.29, 1.82) is 0 Å². The number of hydrogen-bond donors (Lipinski definition) is 1. The molecule has 0 aliphatic heterocycles. The molecule has 3 aromatic rings. The molecule has 1 N–H and O–H groups in total. The molecule has 2 aromatic carbocycles. The summed E-state index contributed by atoms with van der Waals surface area (Å²) in [5, 5.41) is 5.01. The van der Waals surface area contributed by atoms with Crippen molar-refractivity contribution in [1.82, 2.24) is 5.32 Å². The SMILES string of the molecule is Cc1ccccc1C(C(=O)NC1CCCCC1)N(C(=O)c1cccs1)c1cccc(F)c1. The fraction of sp³-hybridized carbons (Fsp3) is 0.308. The van der Waals surface area contributed by atoms with Gasteiger partial charge in [0.05, 0.1) is 4.88 Å². The van der Waals surface area contributed by atoms with Crippen LogP contribution in [0, 0.1) is 12.7 Å². The van der Waals surface area contributed by atoms with Gasteiger partial charge in [0.15, 0.2) is 0 Å². The van der Waals surface area contributed by atoms with E-state index in [-0.39, 0.29) is 17.9 Å². The summed E-state index contributed by atoms with van der Waals surface area (Å²) in [5.41, 5.74) is 1.99. The summed E-state index contributed by atoms with van der Waals surface area (Å²) in [5.74, 6) is -1.01. The molecule has 4 nitrogen and oxygen atoms in total. The highest BCUT2D eigenvalue weighted by molar-refractivity contribution is 7.12. The maximum atomic E-state index is 14.2. The summed E-state index contributed by atoms with van der Waals surface area (Å²) in [7, 11) is 0. The molecule has 1 unspecified atom stereocenters. The molecule has 0 saturated heterocycles. The molecule has 0 spiro atoms.